The molecule has 1 N–H and O–H groups in total. The van der Waals surface area contributed by atoms with Crippen LogP contribution in [0.3, 0.4) is 0 Å². The molecule has 3 aromatic carbocycles. The second-order valence-corrected chi connectivity index (χ2v) is 6.75. The topological polar surface area (TPSA) is 73.9 Å². The van der Waals surface area contributed by atoms with Gasteiger partial charge in [-0.05, 0) is 43.7 Å². The highest BCUT2D eigenvalue weighted by Crippen LogP contribution is 2.29. The van der Waals surface area contributed by atoms with Crippen LogP contribution in [0.4, 0.5) is 5.69 Å². The number of hydrogen-bond acceptors (Lipinski definition) is 5. The van der Waals surface area contributed by atoms with Crippen molar-refractivity contribution in [3.63, 3.8) is 0 Å². The van der Waals surface area contributed by atoms with Crippen molar-refractivity contribution >= 4 is 17.6 Å². The van der Waals surface area contributed by atoms with Crippen LogP contribution >= 0.6 is 0 Å². The van der Waals surface area contributed by atoms with Crippen molar-refractivity contribution < 1.29 is 23.8 Å². The molecule has 1 atom stereocenters. The molecule has 3 rings (SSSR count). The monoisotopic (exact) mass is 419 g/mol. The van der Waals surface area contributed by atoms with Crippen LogP contribution in [0.1, 0.15) is 24.2 Å². The predicted molar refractivity (Wildman–Crippen MR) is 120 cm³/mol. The van der Waals surface area contributed by atoms with Gasteiger partial charge in [-0.25, -0.2) is 4.79 Å². The maximum atomic E-state index is 12.7. The molecule has 0 unspecified atom stereocenters. The fourth-order valence-corrected chi connectivity index (χ4v) is 3.05. The summed E-state index contributed by atoms with van der Waals surface area (Å²) < 4.78 is 16.1. The van der Waals surface area contributed by atoms with Gasteiger partial charge < -0.3 is 19.5 Å². The summed E-state index contributed by atoms with van der Waals surface area (Å²) in [7, 11) is 1.52. The number of amides is 1. The number of methoxy groups -OCH3 is 1. The summed E-state index contributed by atoms with van der Waals surface area (Å²) in [5.74, 6) is -0.0899. The molecule has 6 nitrogen and oxygen atoms in total. The number of anilines is 1. The third kappa shape index (κ3) is 5.42. The molecule has 0 aliphatic heterocycles. The van der Waals surface area contributed by atoms with Crippen LogP contribution in [0.5, 0.6) is 11.5 Å². The second kappa shape index (κ2) is 10.3. The first kappa shape index (κ1) is 21.9. The third-order valence-corrected chi connectivity index (χ3v) is 4.62. The number of para-hydroxylation sites is 1. The van der Waals surface area contributed by atoms with Gasteiger partial charge in [0, 0.05) is 11.3 Å². The molecule has 0 saturated heterocycles. The number of carbonyl (C=O) groups is 2. The zero-order valence-electron chi connectivity index (χ0n) is 17.8. The van der Waals surface area contributed by atoms with E-state index in [2.05, 4.69) is 5.32 Å². The quantitative estimate of drug-likeness (QED) is 0.523. The molecule has 31 heavy (non-hydrogen) atoms. The highest BCUT2D eigenvalue weighted by molar-refractivity contribution is 6.00. The lowest BCUT2D eigenvalue weighted by atomic mass is 10.0. The molecule has 0 aliphatic carbocycles. The molecule has 1 amide bonds. The highest BCUT2D eigenvalue weighted by Gasteiger charge is 2.21. The summed E-state index contributed by atoms with van der Waals surface area (Å²) >= 11 is 0. The zero-order chi connectivity index (χ0) is 22.2. The van der Waals surface area contributed by atoms with E-state index in [1.807, 2.05) is 61.5 Å². The van der Waals surface area contributed by atoms with Gasteiger partial charge in [0.2, 0.25) is 0 Å². The number of nitrogens with one attached hydrogen (secondary N) is 1. The Hall–Kier alpha value is -3.80. The molecule has 0 radical (unpaired) electrons. The Morgan fingerprint density at radius 2 is 1.65 bits per heavy atom. The number of rotatable bonds is 8. The second-order valence-electron chi connectivity index (χ2n) is 6.75. The highest BCUT2D eigenvalue weighted by atomic mass is 16.5. The van der Waals surface area contributed by atoms with Crippen LogP contribution in [0.25, 0.3) is 11.1 Å². The van der Waals surface area contributed by atoms with Gasteiger partial charge in [0.1, 0.15) is 0 Å². The van der Waals surface area contributed by atoms with Gasteiger partial charge in [-0.1, -0.05) is 48.5 Å². The standard InChI is InChI=1S/C25H25NO5/c1-4-30-23-16-19(14-15-22(23)29-3)25(28)31-17(2)24(27)26-21-13-9-8-12-20(21)18-10-6-5-7-11-18/h5-17H,4H2,1-3H3,(H,26,27)/t17-/m0/s1. The Bertz CT molecular complexity index is 1050. The molecule has 0 saturated carbocycles. The van der Waals surface area contributed by atoms with Gasteiger partial charge in [0.05, 0.1) is 19.3 Å². The largest absolute Gasteiger partial charge is 0.493 e. The van der Waals surface area contributed by atoms with Gasteiger partial charge in [0.15, 0.2) is 17.6 Å². The Balaban J connectivity index is 1.71. The first-order valence-electron chi connectivity index (χ1n) is 10.0. The van der Waals surface area contributed by atoms with E-state index in [1.165, 1.54) is 14.0 Å². The summed E-state index contributed by atoms with van der Waals surface area (Å²) in [5, 5.41) is 2.85. The molecule has 6 heteroatoms. The van der Waals surface area contributed by atoms with Crippen molar-refractivity contribution in [3.8, 4) is 22.6 Å². The number of ether oxygens (including phenoxy) is 3. The molecular formula is C25H25NO5. The number of benzene rings is 3. The lowest BCUT2D eigenvalue weighted by Crippen LogP contribution is -2.30. The maximum Gasteiger partial charge on any atom is 0.339 e. The minimum atomic E-state index is -0.992. The van der Waals surface area contributed by atoms with Crippen molar-refractivity contribution in [2.45, 2.75) is 20.0 Å². The maximum absolute atomic E-state index is 12.7. The molecule has 0 aliphatic rings. The smallest absolute Gasteiger partial charge is 0.339 e. The normalized spacial score (nSPS) is 11.3. The van der Waals surface area contributed by atoms with Gasteiger partial charge in [-0.15, -0.1) is 0 Å². The fraction of sp³-hybridized carbons (Fsp3) is 0.200. The number of carbonyl (C=O) groups excluding carboxylic acids is 2. The Kier molecular flexibility index (Phi) is 7.27. The molecule has 0 fully saturated rings. The average Bonchev–Trinajstić information content (AvgIpc) is 2.80. The van der Waals surface area contributed by atoms with E-state index < -0.39 is 18.0 Å². The van der Waals surface area contributed by atoms with Crippen molar-refractivity contribution in [1.29, 1.82) is 0 Å². The summed E-state index contributed by atoms with van der Waals surface area (Å²) in [6, 6.07) is 22.0. The fourth-order valence-electron chi connectivity index (χ4n) is 3.05. The molecule has 0 spiro atoms. The SMILES string of the molecule is CCOc1cc(C(=O)O[C@@H](C)C(=O)Nc2ccccc2-c2ccccc2)ccc1OC. The minimum Gasteiger partial charge on any atom is -0.493 e. The number of hydrogen-bond donors (Lipinski definition) is 1. The van der Waals surface area contributed by atoms with Gasteiger partial charge in [-0.2, -0.15) is 0 Å². The van der Waals surface area contributed by atoms with Crippen molar-refractivity contribution in [2.24, 2.45) is 0 Å². The first-order valence-corrected chi connectivity index (χ1v) is 10.0. The van der Waals surface area contributed by atoms with Gasteiger partial charge >= 0.3 is 5.97 Å². The van der Waals surface area contributed by atoms with Gasteiger partial charge in [0.25, 0.3) is 5.91 Å². The van der Waals surface area contributed by atoms with E-state index in [0.29, 0.717) is 23.8 Å². The molecule has 3 aromatic rings. The molecule has 160 valence electrons. The average molecular weight is 419 g/mol. The van der Waals surface area contributed by atoms with E-state index in [1.54, 1.807) is 18.2 Å². The predicted octanol–water partition coefficient (Wildman–Crippen LogP) is 4.94. The summed E-state index contributed by atoms with van der Waals surface area (Å²) in [5.41, 5.74) is 2.77. The summed E-state index contributed by atoms with van der Waals surface area (Å²) in [6.07, 6.45) is -0.992. The third-order valence-electron chi connectivity index (χ3n) is 4.62. The van der Waals surface area contributed by atoms with Crippen molar-refractivity contribution in [1.82, 2.24) is 0 Å². The lowest BCUT2D eigenvalue weighted by molar-refractivity contribution is -0.123. The summed E-state index contributed by atoms with van der Waals surface area (Å²) in [6.45, 7) is 3.80. The van der Waals surface area contributed by atoms with E-state index >= 15 is 0 Å². The zero-order valence-corrected chi connectivity index (χ0v) is 17.8. The van der Waals surface area contributed by atoms with Crippen LogP contribution in [0, 0.1) is 0 Å². The summed E-state index contributed by atoms with van der Waals surface area (Å²) in [4.78, 5) is 25.3. The van der Waals surface area contributed by atoms with E-state index in [9.17, 15) is 9.59 Å². The molecule has 0 heterocycles. The van der Waals surface area contributed by atoms with Crippen LogP contribution in [0.15, 0.2) is 72.8 Å². The van der Waals surface area contributed by atoms with E-state index in [-0.39, 0.29) is 5.56 Å². The number of esters is 1. The lowest BCUT2D eigenvalue weighted by Gasteiger charge is -2.16. The molecule has 0 aromatic heterocycles. The van der Waals surface area contributed by atoms with Crippen molar-refractivity contribution in [3.05, 3.63) is 78.4 Å². The van der Waals surface area contributed by atoms with Crippen molar-refractivity contribution in [2.75, 3.05) is 19.0 Å². The van der Waals surface area contributed by atoms with E-state index in [4.69, 9.17) is 14.2 Å². The van der Waals surface area contributed by atoms with Crippen LogP contribution < -0.4 is 14.8 Å². The minimum absolute atomic E-state index is 0.272. The van der Waals surface area contributed by atoms with Crippen LogP contribution in [-0.4, -0.2) is 31.7 Å². The van der Waals surface area contributed by atoms with Crippen LogP contribution in [0.2, 0.25) is 0 Å². The Morgan fingerprint density at radius 1 is 0.935 bits per heavy atom. The Labute approximate surface area is 181 Å². The van der Waals surface area contributed by atoms with Crippen LogP contribution in [-0.2, 0) is 9.53 Å². The van der Waals surface area contributed by atoms with Gasteiger partial charge in [-0.3, -0.25) is 4.79 Å². The first-order chi connectivity index (χ1) is 15.0. The molecule has 0 bridgehead atoms. The molecular weight excluding hydrogens is 394 g/mol. The van der Waals surface area contributed by atoms with E-state index in [0.717, 1.165) is 11.1 Å². The Morgan fingerprint density at radius 3 is 2.35 bits per heavy atom.